The maximum Gasteiger partial charge on any atom is 0.304 e. The summed E-state index contributed by atoms with van der Waals surface area (Å²) < 4.78 is 5.62. The molecule has 0 radical (unpaired) electrons. The fourth-order valence-electron chi connectivity index (χ4n) is 2.08. The number of carbonyl (C=O) groups is 2. The van der Waals surface area contributed by atoms with Gasteiger partial charge in [-0.1, -0.05) is 0 Å². The maximum atomic E-state index is 10.5. The van der Waals surface area contributed by atoms with Crippen LogP contribution in [0.1, 0.15) is 32.1 Å². The van der Waals surface area contributed by atoms with Gasteiger partial charge >= 0.3 is 11.9 Å². The lowest BCUT2D eigenvalue weighted by Gasteiger charge is -2.32. The lowest BCUT2D eigenvalue weighted by molar-refractivity contribution is -0.138. The Morgan fingerprint density at radius 1 is 1.22 bits per heavy atom. The number of piperidine rings is 1. The molecule has 1 unspecified atom stereocenters. The van der Waals surface area contributed by atoms with Crippen LogP contribution in [-0.2, 0) is 14.3 Å². The molecule has 1 rings (SSSR count). The third-order valence-corrected chi connectivity index (χ3v) is 2.99. The minimum absolute atomic E-state index is 0.112. The second kappa shape index (κ2) is 8.05. The first-order valence-corrected chi connectivity index (χ1v) is 6.35. The molecular weight excluding hydrogens is 238 g/mol. The highest BCUT2D eigenvalue weighted by molar-refractivity contribution is 5.67. The van der Waals surface area contributed by atoms with E-state index in [-0.39, 0.29) is 18.9 Å². The number of hydrogen-bond acceptors (Lipinski definition) is 4. The van der Waals surface area contributed by atoms with E-state index in [9.17, 15) is 9.59 Å². The summed E-state index contributed by atoms with van der Waals surface area (Å²) in [5, 5.41) is 17.1. The maximum absolute atomic E-state index is 10.5. The van der Waals surface area contributed by atoms with Gasteiger partial charge in [0, 0.05) is 26.1 Å². The second-order valence-electron chi connectivity index (χ2n) is 4.58. The van der Waals surface area contributed by atoms with Crippen LogP contribution >= 0.6 is 0 Å². The molecule has 6 heteroatoms. The van der Waals surface area contributed by atoms with Crippen molar-refractivity contribution in [1.29, 1.82) is 0 Å². The molecule has 0 spiro atoms. The first-order chi connectivity index (χ1) is 8.58. The lowest BCUT2D eigenvalue weighted by Crippen LogP contribution is -2.40. The molecule has 1 aliphatic rings. The van der Waals surface area contributed by atoms with Crippen LogP contribution in [0.15, 0.2) is 0 Å². The van der Waals surface area contributed by atoms with Gasteiger partial charge in [0.15, 0.2) is 0 Å². The predicted octanol–water partition coefficient (Wildman–Crippen LogP) is 0.807. The lowest BCUT2D eigenvalue weighted by atomic mass is 10.1. The molecule has 0 aliphatic carbocycles. The highest BCUT2D eigenvalue weighted by atomic mass is 16.5. The van der Waals surface area contributed by atoms with E-state index in [2.05, 4.69) is 4.90 Å². The number of ether oxygens (including phenoxy) is 1. The largest absolute Gasteiger partial charge is 0.481 e. The SMILES string of the molecule is O=C(O)CCCOC1CCCN(CCC(=O)O)C1. The predicted molar refractivity (Wildman–Crippen MR) is 64.5 cm³/mol. The van der Waals surface area contributed by atoms with Gasteiger partial charge in [-0.25, -0.2) is 0 Å². The van der Waals surface area contributed by atoms with Crippen LogP contribution in [0.5, 0.6) is 0 Å². The quantitative estimate of drug-likeness (QED) is 0.627. The number of nitrogens with zero attached hydrogens (tertiary/aromatic N) is 1. The summed E-state index contributed by atoms with van der Waals surface area (Å²) in [6.07, 6.45) is 2.91. The van der Waals surface area contributed by atoms with Crippen molar-refractivity contribution >= 4 is 11.9 Å². The van der Waals surface area contributed by atoms with Crippen molar-refractivity contribution in [2.45, 2.75) is 38.2 Å². The summed E-state index contributed by atoms with van der Waals surface area (Å²) in [5.41, 5.74) is 0. The first-order valence-electron chi connectivity index (χ1n) is 6.35. The van der Waals surface area contributed by atoms with Crippen molar-refractivity contribution in [3.8, 4) is 0 Å². The summed E-state index contributed by atoms with van der Waals surface area (Å²) in [6.45, 7) is 2.69. The average Bonchev–Trinajstić information content (AvgIpc) is 2.32. The summed E-state index contributed by atoms with van der Waals surface area (Å²) >= 11 is 0. The van der Waals surface area contributed by atoms with Crippen molar-refractivity contribution < 1.29 is 24.5 Å². The molecule has 1 atom stereocenters. The van der Waals surface area contributed by atoms with E-state index in [0.29, 0.717) is 19.6 Å². The molecule has 6 nitrogen and oxygen atoms in total. The van der Waals surface area contributed by atoms with E-state index in [1.54, 1.807) is 0 Å². The monoisotopic (exact) mass is 259 g/mol. The van der Waals surface area contributed by atoms with Gasteiger partial charge in [0.2, 0.25) is 0 Å². The molecule has 0 aromatic heterocycles. The van der Waals surface area contributed by atoms with Crippen LogP contribution in [-0.4, -0.2) is 59.4 Å². The van der Waals surface area contributed by atoms with Gasteiger partial charge in [-0.05, 0) is 25.8 Å². The van der Waals surface area contributed by atoms with Gasteiger partial charge in [0.25, 0.3) is 0 Å². The number of carboxylic acid groups (broad SMARTS) is 2. The minimum Gasteiger partial charge on any atom is -0.481 e. The topological polar surface area (TPSA) is 87.1 Å². The van der Waals surface area contributed by atoms with Crippen LogP contribution in [0, 0.1) is 0 Å². The molecular formula is C12H21NO5. The van der Waals surface area contributed by atoms with Crippen LogP contribution in [0.2, 0.25) is 0 Å². The van der Waals surface area contributed by atoms with Crippen LogP contribution < -0.4 is 0 Å². The normalized spacial score (nSPS) is 20.8. The van der Waals surface area contributed by atoms with Crippen LogP contribution in [0.25, 0.3) is 0 Å². The van der Waals surface area contributed by atoms with Crippen molar-refractivity contribution in [3.05, 3.63) is 0 Å². The van der Waals surface area contributed by atoms with E-state index < -0.39 is 11.9 Å². The van der Waals surface area contributed by atoms with E-state index in [1.807, 2.05) is 0 Å². The second-order valence-corrected chi connectivity index (χ2v) is 4.58. The zero-order chi connectivity index (χ0) is 13.4. The first kappa shape index (κ1) is 14.9. The Morgan fingerprint density at radius 3 is 2.61 bits per heavy atom. The molecule has 1 fully saturated rings. The van der Waals surface area contributed by atoms with E-state index >= 15 is 0 Å². The highest BCUT2D eigenvalue weighted by Gasteiger charge is 2.20. The molecule has 0 bridgehead atoms. The van der Waals surface area contributed by atoms with Gasteiger partial charge in [-0.2, -0.15) is 0 Å². The summed E-state index contributed by atoms with van der Waals surface area (Å²) in [4.78, 5) is 22.9. The zero-order valence-corrected chi connectivity index (χ0v) is 10.5. The van der Waals surface area contributed by atoms with E-state index in [1.165, 1.54) is 0 Å². The number of likely N-dealkylation sites (tertiary alicyclic amines) is 1. The van der Waals surface area contributed by atoms with Gasteiger partial charge < -0.3 is 19.8 Å². The van der Waals surface area contributed by atoms with Gasteiger partial charge in [-0.15, -0.1) is 0 Å². The van der Waals surface area contributed by atoms with Crippen molar-refractivity contribution in [1.82, 2.24) is 4.90 Å². The van der Waals surface area contributed by atoms with Crippen molar-refractivity contribution in [2.24, 2.45) is 0 Å². The molecule has 1 saturated heterocycles. The Labute approximate surface area is 107 Å². The van der Waals surface area contributed by atoms with Crippen molar-refractivity contribution in [3.63, 3.8) is 0 Å². The molecule has 0 amide bonds. The molecule has 2 N–H and O–H groups in total. The molecule has 18 heavy (non-hydrogen) atoms. The summed E-state index contributed by atoms with van der Waals surface area (Å²) in [5.74, 6) is -1.58. The summed E-state index contributed by atoms with van der Waals surface area (Å²) in [6, 6.07) is 0. The molecule has 0 aromatic rings. The number of hydrogen-bond donors (Lipinski definition) is 2. The Kier molecular flexibility index (Phi) is 6.67. The van der Waals surface area contributed by atoms with E-state index in [0.717, 1.165) is 25.9 Å². The molecule has 0 aromatic carbocycles. The molecule has 104 valence electrons. The smallest absolute Gasteiger partial charge is 0.304 e. The average molecular weight is 259 g/mol. The third kappa shape index (κ3) is 6.56. The molecule has 1 aliphatic heterocycles. The van der Waals surface area contributed by atoms with Gasteiger partial charge in [-0.3, -0.25) is 9.59 Å². The van der Waals surface area contributed by atoms with Crippen LogP contribution in [0.3, 0.4) is 0 Å². The van der Waals surface area contributed by atoms with Gasteiger partial charge in [0.05, 0.1) is 12.5 Å². The Morgan fingerprint density at radius 2 is 1.94 bits per heavy atom. The van der Waals surface area contributed by atoms with Gasteiger partial charge in [0.1, 0.15) is 0 Å². The zero-order valence-electron chi connectivity index (χ0n) is 10.5. The fourth-order valence-corrected chi connectivity index (χ4v) is 2.08. The minimum atomic E-state index is -0.801. The number of rotatable bonds is 8. The number of carboxylic acids is 2. The summed E-state index contributed by atoms with van der Waals surface area (Å²) in [7, 11) is 0. The molecule has 1 heterocycles. The Bertz CT molecular complexity index is 282. The Hall–Kier alpha value is -1.14. The van der Waals surface area contributed by atoms with Crippen molar-refractivity contribution in [2.75, 3.05) is 26.2 Å². The molecule has 0 saturated carbocycles. The Balaban J connectivity index is 2.14. The third-order valence-electron chi connectivity index (χ3n) is 2.99. The number of aliphatic carboxylic acids is 2. The van der Waals surface area contributed by atoms with E-state index in [4.69, 9.17) is 14.9 Å². The fraction of sp³-hybridized carbons (Fsp3) is 0.833. The standard InChI is InChI=1S/C12H21NO5/c14-11(15)4-2-8-18-10-3-1-6-13(9-10)7-5-12(16)17/h10H,1-9H2,(H,14,15)(H,16,17). The highest BCUT2D eigenvalue weighted by Crippen LogP contribution is 2.13. The van der Waals surface area contributed by atoms with Crippen LogP contribution in [0.4, 0.5) is 0 Å².